The highest BCUT2D eigenvalue weighted by molar-refractivity contribution is 6.30. The van der Waals surface area contributed by atoms with Gasteiger partial charge in [0.1, 0.15) is 5.75 Å². The van der Waals surface area contributed by atoms with Crippen LogP contribution in [0.1, 0.15) is 27.2 Å². The van der Waals surface area contributed by atoms with Gasteiger partial charge in [0.15, 0.2) is 6.10 Å². The van der Waals surface area contributed by atoms with E-state index >= 15 is 0 Å². The normalized spacial score (nSPS) is 21.7. The first-order valence-corrected chi connectivity index (χ1v) is 7.64. The monoisotopic (exact) mass is 346 g/mol. The van der Waals surface area contributed by atoms with Gasteiger partial charge in [0.05, 0.1) is 0 Å². The van der Waals surface area contributed by atoms with Crippen LogP contribution < -0.4 is 10.5 Å². The molecule has 0 spiro atoms. The second-order valence-electron chi connectivity index (χ2n) is 6.36. The molecule has 0 saturated carbocycles. The zero-order chi connectivity index (χ0) is 15.6. The van der Waals surface area contributed by atoms with Crippen molar-refractivity contribution < 1.29 is 9.53 Å². The highest BCUT2D eigenvalue weighted by Crippen LogP contribution is 2.28. The van der Waals surface area contributed by atoms with E-state index in [0.717, 1.165) is 6.42 Å². The maximum absolute atomic E-state index is 12.5. The zero-order valence-electron chi connectivity index (χ0n) is 13.2. The van der Waals surface area contributed by atoms with E-state index in [9.17, 15) is 4.79 Å². The molecule has 1 aromatic carbocycles. The Bertz CT molecular complexity index is 523. The Kier molecular flexibility index (Phi) is 6.53. The first-order chi connectivity index (χ1) is 9.79. The fourth-order valence-corrected chi connectivity index (χ4v) is 2.79. The van der Waals surface area contributed by atoms with Crippen molar-refractivity contribution in [2.24, 2.45) is 11.1 Å². The lowest BCUT2D eigenvalue weighted by Crippen LogP contribution is -2.56. The summed E-state index contributed by atoms with van der Waals surface area (Å²) in [5.74, 6) is 0.603. The van der Waals surface area contributed by atoms with Gasteiger partial charge in [0, 0.05) is 24.2 Å². The summed E-state index contributed by atoms with van der Waals surface area (Å²) in [6.45, 7) is 7.31. The molecule has 1 saturated heterocycles. The lowest BCUT2D eigenvalue weighted by molar-refractivity contribution is -0.141. The fourth-order valence-electron chi connectivity index (χ4n) is 2.61. The van der Waals surface area contributed by atoms with Crippen molar-refractivity contribution in [3.8, 4) is 5.75 Å². The number of amides is 1. The highest BCUT2D eigenvalue weighted by atomic mass is 35.5. The molecule has 1 amide bonds. The second kappa shape index (κ2) is 7.53. The smallest absolute Gasteiger partial charge is 0.263 e. The molecule has 1 heterocycles. The average molecular weight is 347 g/mol. The molecular formula is C16H24Cl2N2O2. The number of hydrogen-bond donors (Lipinski definition) is 1. The Morgan fingerprint density at radius 2 is 2.18 bits per heavy atom. The Morgan fingerprint density at radius 1 is 1.50 bits per heavy atom. The number of hydrogen-bond acceptors (Lipinski definition) is 3. The van der Waals surface area contributed by atoms with Gasteiger partial charge >= 0.3 is 0 Å². The van der Waals surface area contributed by atoms with Gasteiger partial charge in [-0.3, -0.25) is 4.79 Å². The molecule has 1 fully saturated rings. The summed E-state index contributed by atoms with van der Waals surface area (Å²) in [5.41, 5.74) is 6.04. The van der Waals surface area contributed by atoms with Crippen molar-refractivity contribution in [3.63, 3.8) is 0 Å². The summed E-state index contributed by atoms with van der Waals surface area (Å²) in [6, 6.07) is 7.21. The van der Waals surface area contributed by atoms with Gasteiger partial charge < -0.3 is 15.4 Å². The van der Waals surface area contributed by atoms with Crippen LogP contribution in [-0.4, -0.2) is 36.0 Å². The van der Waals surface area contributed by atoms with Crippen LogP contribution in [0.5, 0.6) is 5.75 Å². The molecule has 22 heavy (non-hydrogen) atoms. The van der Waals surface area contributed by atoms with E-state index in [4.69, 9.17) is 22.1 Å². The van der Waals surface area contributed by atoms with E-state index in [1.807, 2.05) is 4.90 Å². The second-order valence-corrected chi connectivity index (χ2v) is 6.80. The molecule has 0 bridgehead atoms. The predicted octanol–water partition coefficient (Wildman–Crippen LogP) is 3.11. The van der Waals surface area contributed by atoms with Crippen LogP contribution in [0, 0.1) is 5.41 Å². The number of benzene rings is 1. The largest absolute Gasteiger partial charge is 0.481 e. The summed E-state index contributed by atoms with van der Waals surface area (Å²) in [7, 11) is 0. The van der Waals surface area contributed by atoms with Crippen LogP contribution >= 0.6 is 24.0 Å². The van der Waals surface area contributed by atoms with Crippen molar-refractivity contribution in [3.05, 3.63) is 29.3 Å². The molecule has 124 valence electrons. The van der Waals surface area contributed by atoms with Gasteiger partial charge in [-0.25, -0.2) is 0 Å². The number of carbonyl (C=O) groups is 1. The summed E-state index contributed by atoms with van der Waals surface area (Å²) < 4.78 is 5.70. The van der Waals surface area contributed by atoms with Crippen LogP contribution in [0.3, 0.4) is 0 Å². The van der Waals surface area contributed by atoms with Crippen LogP contribution in [0.4, 0.5) is 0 Å². The number of nitrogens with zero attached hydrogens (tertiary/aromatic N) is 1. The number of piperidine rings is 1. The molecule has 2 rings (SSSR count). The Hall–Kier alpha value is -0.970. The minimum absolute atomic E-state index is 0. The third-order valence-corrected chi connectivity index (χ3v) is 4.32. The lowest BCUT2D eigenvalue weighted by Gasteiger charge is -2.43. The van der Waals surface area contributed by atoms with Gasteiger partial charge in [-0.2, -0.15) is 0 Å². The third kappa shape index (κ3) is 4.51. The van der Waals surface area contributed by atoms with Crippen LogP contribution in [-0.2, 0) is 4.79 Å². The van der Waals surface area contributed by atoms with E-state index in [1.54, 1.807) is 31.2 Å². The molecule has 2 atom stereocenters. The maximum Gasteiger partial charge on any atom is 0.263 e. The number of nitrogens with two attached hydrogens (primary N) is 1. The van der Waals surface area contributed by atoms with Crippen molar-refractivity contribution in [2.45, 2.75) is 39.3 Å². The Morgan fingerprint density at radius 3 is 2.77 bits per heavy atom. The molecule has 1 aromatic rings. The maximum atomic E-state index is 12.5. The zero-order valence-corrected chi connectivity index (χ0v) is 14.8. The highest BCUT2D eigenvalue weighted by Gasteiger charge is 2.36. The van der Waals surface area contributed by atoms with Crippen LogP contribution in [0.15, 0.2) is 24.3 Å². The number of rotatable bonds is 3. The van der Waals surface area contributed by atoms with Gasteiger partial charge in [0.2, 0.25) is 0 Å². The number of carbonyl (C=O) groups excluding carboxylic acids is 1. The molecule has 1 aliphatic heterocycles. The first kappa shape index (κ1) is 19.1. The van der Waals surface area contributed by atoms with E-state index in [0.29, 0.717) is 23.9 Å². The lowest BCUT2D eigenvalue weighted by atomic mass is 9.79. The molecule has 0 aliphatic carbocycles. The van der Waals surface area contributed by atoms with E-state index in [-0.39, 0.29) is 29.8 Å². The van der Waals surface area contributed by atoms with Gasteiger partial charge in [0.25, 0.3) is 5.91 Å². The van der Waals surface area contributed by atoms with E-state index in [2.05, 4.69) is 13.8 Å². The van der Waals surface area contributed by atoms with Crippen molar-refractivity contribution in [2.75, 3.05) is 13.1 Å². The van der Waals surface area contributed by atoms with Crippen molar-refractivity contribution in [1.29, 1.82) is 0 Å². The Labute approximate surface area is 143 Å². The quantitative estimate of drug-likeness (QED) is 0.914. The SMILES string of the molecule is CC(Oc1cccc(Cl)c1)C(=O)N1CCC(N)C(C)(C)C1.Cl. The fraction of sp³-hybridized carbons (Fsp3) is 0.562. The number of halogens is 2. The molecule has 6 heteroatoms. The molecule has 2 N–H and O–H groups in total. The first-order valence-electron chi connectivity index (χ1n) is 7.26. The minimum Gasteiger partial charge on any atom is -0.481 e. The van der Waals surface area contributed by atoms with Gasteiger partial charge in [-0.15, -0.1) is 12.4 Å². The number of likely N-dealkylation sites (tertiary alicyclic amines) is 1. The summed E-state index contributed by atoms with van der Waals surface area (Å²) in [5, 5.41) is 0.595. The van der Waals surface area contributed by atoms with E-state index < -0.39 is 6.10 Å². The topological polar surface area (TPSA) is 55.6 Å². The Balaban J connectivity index is 0.00000242. The van der Waals surface area contributed by atoms with Crippen molar-refractivity contribution in [1.82, 2.24) is 4.90 Å². The third-order valence-electron chi connectivity index (χ3n) is 4.08. The molecule has 0 aromatic heterocycles. The standard InChI is InChI=1S/C16H23ClN2O2.ClH/c1-11(21-13-6-4-5-12(17)9-13)15(20)19-8-7-14(18)16(2,3)10-19;/h4-6,9,11,14H,7-8,10,18H2,1-3H3;1H. The summed E-state index contributed by atoms with van der Waals surface area (Å²) >= 11 is 5.92. The molecular weight excluding hydrogens is 323 g/mol. The number of ether oxygens (including phenoxy) is 1. The van der Waals surface area contributed by atoms with Crippen molar-refractivity contribution >= 4 is 29.9 Å². The molecule has 4 nitrogen and oxygen atoms in total. The van der Waals surface area contributed by atoms with Crippen LogP contribution in [0.2, 0.25) is 5.02 Å². The average Bonchev–Trinajstić information content (AvgIpc) is 2.41. The summed E-state index contributed by atoms with van der Waals surface area (Å²) in [6.07, 6.45) is 0.288. The van der Waals surface area contributed by atoms with E-state index in [1.165, 1.54) is 0 Å². The van der Waals surface area contributed by atoms with Gasteiger partial charge in [-0.05, 0) is 37.0 Å². The van der Waals surface area contributed by atoms with Crippen LogP contribution in [0.25, 0.3) is 0 Å². The summed E-state index contributed by atoms with van der Waals surface area (Å²) in [4.78, 5) is 14.4. The predicted molar refractivity (Wildman–Crippen MR) is 91.7 cm³/mol. The minimum atomic E-state index is -0.534. The molecule has 2 unspecified atom stereocenters. The van der Waals surface area contributed by atoms with Gasteiger partial charge in [-0.1, -0.05) is 31.5 Å². The molecule has 1 aliphatic rings. The molecule has 0 radical (unpaired) electrons.